The van der Waals surface area contributed by atoms with Crippen molar-refractivity contribution < 1.29 is 9.53 Å². The average molecular weight is 195 g/mol. The van der Waals surface area contributed by atoms with Crippen LogP contribution < -0.4 is 4.74 Å². The van der Waals surface area contributed by atoms with E-state index in [9.17, 15) is 4.79 Å². The zero-order valence-electron chi connectivity index (χ0n) is 6.79. The number of carbonyl (C=O) groups is 1. The molecule has 0 atom stereocenters. The lowest BCUT2D eigenvalue weighted by molar-refractivity contribution is 0.112. The third-order valence-corrected chi connectivity index (χ3v) is 1.76. The number of rotatable bonds is 3. The molecule has 0 saturated carbocycles. The first-order valence-electron chi connectivity index (χ1n) is 3.59. The molecule has 3 heteroatoms. The van der Waals surface area contributed by atoms with Crippen LogP contribution in [-0.2, 0) is 0 Å². The second-order valence-electron chi connectivity index (χ2n) is 2.29. The Morgan fingerprint density at radius 1 is 1.62 bits per heavy atom. The standard InChI is InChI=1S/C10H7ClO2/c1-2-5-13-9-3-4-10(11)8(6-9)7-12/h1,3-4,6-7H,5H2. The van der Waals surface area contributed by atoms with E-state index in [-0.39, 0.29) is 6.61 Å². The van der Waals surface area contributed by atoms with Gasteiger partial charge >= 0.3 is 0 Å². The minimum absolute atomic E-state index is 0.180. The van der Waals surface area contributed by atoms with Crippen LogP contribution in [0.4, 0.5) is 0 Å². The van der Waals surface area contributed by atoms with Gasteiger partial charge in [0.1, 0.15) is 12.4 Å². The molecule has 2 nitrogen and oxygen atoms in total. The second kappa shape index (κ2) is 4.54. The molecule has 0 aliphatic rings. The van der Waals surface area contributed by atoms with Crippen LogP contribution >= 0.6 is 11.6 Å². The first-order valence-corrected chi connectivity index (χ1v) is 3.96. The van der Waals surface area contributed by atoms with Crippen molar-refractivity contribution in [2.45, 2.75) is 0 Å². The lowest BCUT2D eigenvalue weighted by Crippen LogP contribution is -1.94. The fourth-order valence-corrected chi connectivity index (χ4v) is 0.989. The van der Waals surface area contributed by atoms with Crippen molar-refractivity contribution in [1.29, 1.82) is 0 Å². The Labute approximate surface area is 81.5 Å². The molecule has 0 spiro atoms. The molecule has 1 rings (SSSR count). The number of ether oxygens (including phenoxy) is 1. The summed E-state index contributed by atoms with van der Waals surface area (Å²) in [5.41, 5.74) is 0.399. The lowest BCUT2D eigenvalue weighted by atomic mass is 10.2. The first kappa shape index (κ1) is 9.63. The highest BCUT2D eigenvalue weighted by Crippen LogP contribution is 2.20. The maximum absolute atomic E-state index is 10.5. The fourth-order valence-electron chi connectivity index (χ4n) is 0.827. The van der Waals surface area contributed by atoms with E-state index in [0.717, 1.165) is 0 Å². The predicted molar refractivity (Wildman–Crippen MR) is 51.2 cm³/mol. The molecule has 0 N–H and O–H groups in total. The van der Waals surface area contributed by atoms with E-state index in [1.165, 1.54) is 0 Å². The van der Waals surface area contributed by atoms with Crippen molar-refractivity contribution in [3.63, 3.8) is 0 Å². The summed E-state index contributed by atoms with van der Waals surface area (Å²) in [6.45, 7) is 0.180. The van der Waals surface area contributed by atoms with Crippen LogP contribution in [0.15, 0.2) is 18.2 Å². The highest BCUT2D eigenvalue weighted by Gasteiger charge is 2.00. The largest absolute Gasteiger partial charge is 0.481 e. The summed E-state index contributed by atoms with van der Waals surface area (Å²) < 4.78 is 5.10. The number of halogens is 1. The van der Waals surface area contributed by atoms with Gasteiger partial charge in [-0.05, 0) is 18.2 Å². The summed E-state index contributed by atoms with van der Waals surface area (Å²) in [5.74, 6) is 2.87. The molecule has 0 aromatic heterocycles. The fraction of sp³-hybridized carbons (Fsp3) is 0.100. The third-order valence-electron chi connectivity index (χ3n) is 1.42. The van der Waals surface area contributed by atoms with E-state index in [1.807, 2.05) is 0 Å². The predicted octanol–water partition coefficient (Wildman–Crippen LogP) is 2.16. The van der Waals surface area contributed by atoms with E-state index >= 15 is 0 Å². The molecular formula is C10H7ClO2. The molecule has 1 aromatic carbocycles. The lowest BCUT2D eigenvalue weighted by Gasteiger charge is -2.03. The highest BCUT2D eigenvalue weighted by atomic mass is 35.5. The molecule has 0 heterocycles. The molecule has 0 saturated heterocycles. The van der Waals surface area contributed by atoms with Crippen LogP contribution in [0.25, 0.3) is 0 Å². The zero-order chi connectivity index (χ0) is 9.68. The van der Waals surface area contributed by atoms with Crippen LogP contribution in [-0.4, -0.2) is 12.9 Å². The van der Waals surface area contributed by atoms with Gasteiger partial charge in [-0.3, -0.25) is 4.79 Å². The van der Waals surface area contributed by atoms with Gasteiger partial charge in [-0.2, -0.15) is 0 Å². The summed E-state index contributed by atoms with van der Waals surface area (Å²) in [7, 11) is 0. The summed E-state index contributed by atoms with van der Waals surface area (Å²) >= 11 is 5.70. The normalized spacial score (nSPS) is 8.92. The molecule has 0 bridgehead atoms. The van der Waals surface area contributed by atoms with Crippen molar-refractivity contribution in [1.82, 2.24) is 0 Å². The average Bonchev–Trinajstić information content (AvgIpc) is 2.16. The smallest absolute Gasteiger partial charge is 0.151 e. The first-order chi connectivity index (χ1) is 6.27. The number of hydrogen-bond donors (Lipinski definition) is 0. The Bertz CT molecular complexity index is 352. The number of aldehydes is 1. The van der Waals surface area contributed by atoms with Crippen molar-refractivity contribution in [2.75, 3.05) is 6.61 Å². The SMILES string of the molecule is C#CCOc1ccc(Cl)c(C=O)c1. The van der Waals surface area contributed by atoms with Crippen LogP contribution in [0, 0.1) is 12.3 Å². The Balaban J connectivity index is 2.87. The molecule has 0 amide bonds. The van der Waals surface area contributed by atoms with Crippen molar-refractivity contribution in [3.05, 3.63) is 28.8 Å². The molecule has 13 heavy (non-hydrogen) atoms. The summed E-state index contributed by atoms with van der Waals surface area (Å²) in [6.07, 6.45) is 5.68. The minimum Gasteiger partial charge on any atom is -0.481 e. The van der Waals surface area contributed by atoms with E-state index in [4.69, 9.17) is 22.8 Å². The monoisotopic (exact) mass is 194 g/mol. The molecule has 0 fully saturated rings. The Morgan fingerprint density at radius 3 is 3.00 bits per heavy atom. The highest BCUT2D eigenvalue weighted by molar-refractivity contribution is 6.32. The Morgan fingerprint density at radius 2 is 2.38 bits per heavy atom. The maximum Gasteiger partial charge on any atom is 0.151 e. The molecule has 0 aliphatic heterocycles. The number of benzene rings is 1. The van der Waals surface area contributed by atoms with Gasteiger partial charge in [0.25, 0.3) is 0 Å². The van der Waals surface area contributed by atoms with Gasteiger partial charge in [0.2, 0.25) is 0 Å². The van der Waals surface area contributed by atoms with Crippen LogP contribution in [0.3, 0.4) is 0 Å². The molecule has 66 valence electrons. The Kier molecular flexibility index (Phi) is 3.36. The van der Waals surface area contributed by atoms with E-state index in [0.29, 0.717) is 22.6 Å². The van der Waals surface area contributed by atoms with E-state index < -0.39 is 0 Å². The molecule has 1 aromatic rings. The van der Waals surface area contributed by atoms with E-state index in [1.54, 1.807) is 18.2 Å². The maximum atomic E-state index is 10.5. The van der Waals surface area contributed by atoms with Crippen molar-refractivity contribution >= 4 is 17.9 Å². The molecule has 0 radical (unpaired) electrons. The summed E-state index contributed by atoms with van der Waals surface area (Å²) in [5, 5.41) is 0.406. The van der Waals surface area contributed by atoms with Crippen molar-refractivity contribution in [3.8, 4) is 18.1 Å². The van der Waals surface area contributed by atoms with Gasteiger partial charge in [0, 0.05) is 5.56 Å². The van der Waals surface area contributed by atoms with Gasteiger partial charge in [-0.15, -0.1) is 6.42 Å². The van der Waals surface area contributed by atoms with Crippen molar-refractivity contribution in [2.24, 2.45) is 0 Å². The number of carbonyl (C=O) groups excluding carboxylic acids is 1. The summed E-state index contributed by atoms with van der Waals surface area (Å²) in [4.78, 5) is 10.5. The van der Waals surface area contributed by atoms with Gasteiger partial charge in [-0.25, -0.2) is 0 Å². The van der Waals surface area contributed by atoms with Crippen LogP contribution in [0.1, 0.15) is 10.4 Å². The van der Waals surface area contributed by atoms with Gasteiger partial charge < -0.3 is 4.74 Å². The quantitative estimate of drug-likeness (QED) is 0.545. The zero-order valence-corrected chi connectivity index (χ0v) is 7.54. The van der Waals surface area contributed by atoms with Gasteiger partial charge in [-0.1, -0.05) is 17.5 Å². The second-order valence-corrected chi connectivity index (χ2v) is 2.70. The minimum atomic E-state index is 0.180. The summed E-state index contributed by atoms with van der Waals surface area (Å²) in [6, 6.07) is 4.80. The van der Waals surface area contributed by atoms with Gasteiger partial charge in [0.05, 0.1) is 5.02 Å². The molecule has 0 unspecified atom stereocenters. The van der Waals surface area contributed by atoms with E-state index in [2.05, 4.69) is 5.92 Å². The number of terminal acetylenes is 1. The topological polar surface area (TPSA) is 26.3 Å². The molecular weight excluding hydrogens is 188 g/mol. The van der Waals surface area contributed by atoms with Gasteiger partial charge in [0.15, 0.2) is 6.29 Å². The van der Waals surface area contributed by atoms with Crippen LogP contribution in [0.2, 0.25) is 5.02 Å². The Hall–Kier alpha value is -1.46. The third kappa shape index (κ3) is 2.50. The number of hydrogen-bond acceptors (Lipinski definition) is 2. The van der Waals surface area contributed by atoms with Crippen LogP contribution in [0.5, 0.6) is 5.75 Å². The molecule has 0 aliphatic carbocycles.